The molecule has 0 radical (unpaired) electrons. The molecule has 0 spiro atoms. The minimum absolute atomic E-state index is 0. The van der Waals surface area contributed by atoms with E-state index in [1.54, 1.807) is 13.2 Å². The standard InChI is InChI=1S/C18H21N7O.H2/c1-10-3-4-12-13(7-10)23-17(22-12)15-16(19)21-8-14(24-15)25-6-5-11(9-25)18(26)20-2;/h3-4,7-8,11H,5-6,9H2,1-2H3,(H2,19,21)(H,20,26)(H,22,23);1H/t11-;/m1./s1. The Balaban J connectivity index is 0.00000210. The number of aryl methyl sites for hydroxylation is 1. The summed E-state index contributed by atoms with van der Waals surface area (Å²) in [7, 11) is 1.66. The van der Waals surface area contributed by atoms with Crippen LogP contribution in [0, 0.1) is 12.8 Å². The number of hydrogen-bond acceptors (Lipinski definition) is 6. The summed E-state index contributed by atoms with van der Waals surface area (Å²) in [4.78, 5) is 30.7. The highest BCUT2D eigenvalue weighted by Gasteiger charge is 2.29. The highest BCUT2D eigenvalue weighted by atomic mass is 16.1. The molecule has 0 bridgehead atoms. The number of anilines is 2. The summed E-state index contributed by atoms with van der Waals surface area (Å²) in [5.74, 6) is 1.66. The molecule has 136 valence electrons. The molecule has 2 aromatic heterocycles. The number of carbonyl (C=O) groups excluding carboxylic acids is 1. The maximum Gasteiger partial charge on any atom is 0.224 e. The highest BCUT2D eigenvalue weighted by Crippen LogP contribution is 2.28. The Morgan fingerprint density at radius 1 is 1.42 bits per heavy atom. The molecule has 1 aliphatic heterocycles. The first-order valence-electron chi connectivity index (χ1n) is 8.61. The second-order valence-corrected chi connectivity index (χ2v) is 6.61. The van der Waals surface area contributed by atoms with E-state index in [0.29, 0.717) is 29.7 Å². The number of nitrogen functional groups attached to an aromatic ring is 1. The van der Waals surface area contributed by atoms with Crippen LogP contribution in [-0.2, 0) is 4.79 Å². The summed E-state index contributed by atoms with van der Waals surface area (Å²) in [5.41, 5.74) is 9.53. The largest absolute Gasteiger partial charge is 0.382 e. The molecule has 1 fully saturated rings. The van der Waals surface area contributed by atoms with Gasteiger partial charge in [-0.3, -0.25) is 4.79 Å². The first kappa shape index (κ1) is 16.3. The number of nitrogens with zero attached hydrogens (tertiary/aromatic N) is 4. The predicted octanol–water partition coefficient (Wildman–Crippen LogP) is 1.73. The minimum Gasteiger partial charge on any atom is -0.382 e. The van der Waals surface area contributed by atoms with E-state index >= 15 is 0 Å². The fourth-order valence-electron chi connectivity index (χ4n) is 3.34. The SMILES string of the molecule is CNC(=O)[C@@H]1CCN(c2cnc(N)c(-c3nc4ccc(C)cc4[nH]3)n2)C1.[HH]. The topological polar surface area (TPSA) is 113 Å². The van der Waals surface area contributed by atoms with Crippen LogP contribution in [0.15, 0.2) is 24.4 Å². The average Bonchev–Trinajstić information content (AvgIpc) is 3.28. The quantitative estimate of drug-likeness (QED) is 0.661. The van der Waals surface area contributed by atoms with Gasteiger partial charge in [-0.2, -0.15) is 0 Å². The summed E-state index contributed by atoms with van der Waals surface area (Å²) in [6, 6.07) is 6.02. The number of H-pyrrole nitrogens is 1. The number of amides is 1. The van der Waals surface area contributed by atoms with Crippen molar-refractivity contribution in [3.05, 3.63) is 30.0 Å². The second-order valence-electron chi connectivity index (χ2n) is 6.61. The molecular formula is C18H23N7O. The van der Waals surface area contributed by atoms with Gasteiger partial charge in [-0.15, -0.1) is 0 Å². The van der Waals surface area contributed by atoms with Crippen molar-refractivity contribution in [1.29, 1.82) is 0 Å². The number of imidazole rings is 1. The van der Waals surface area contributed by atoms with Crippen LogP contribution in [0.25, 0.3) is 22.6 Å². The van der Waals surface area contributed by atoms with Crippen molar-refractivity contribution in [2.75, 3.05) is 30.8 Å². The molecule has 3 heterocycles. The van der Waals surface area contributed by atoms with E-state index in [1.807, 2.05) is 25.1 Å². The first-order valence-corrected chi connectivity index (χ1v) is 8.61. The number of aromatic nitrogens is 4. The van der Waals surface area contributed by atoms with Gasteiger partial charge in [0.25, 0.3) is 0 Å². The van der Waals surface area contributed by atoms with Crippen LogP contribution < -0.4 is 16.0 Å². The number of nitrogens with two attached hydrogens (primary N) is 1. The third-order valence-corrected chi connectivity index (χ3v) is 4.78. The van der Waals surface area contributed by atoms with Crippen molar-refractivity contribution in [2.45, 2.75) is 13.3 Å². The van der Waals surface area contributed by atoms with Crippen LogP contribution in [0.3, 0.4) is 0 Å². The van der Waals surface area contributed by atoms with Gasteiger partial charge in [0.1, 0.15) is 5.82 Å². The van der Waals surface area contributed by atoms with Crippen molar-refractivity contribution in [3.63, 3.8) is 0 Å². The molecule has 1 aromatic carbocycles. The van der Waals surface area contributed by atoms with Crippen molar-refractivity contribution in [3.8, 4) is 11.5 Å². The molecule has 1 amide bonds. The maximum atomic E-state index is 11.9. The average molecular weight is 353 g/mol. The first-order chi connectivity index (χ1) is 12.5. The molecule has 0 unspecified atom stereocenters. The van der Waals surface area contributed by atoms with Crippen LogP contribution in [0.2, 0.25) is 0 Å². The molecule has 8 heteroatoms. The number of nitrogens with one attached hydrogen (secondary N) is 2. The lowest BCUT2D eigenvalue weighted by Gasteiger charge is -2.17. The fourth-order valence-corrected chi connectivity index (χ4v) is 3.34. The summed E-state index contributed by atoms with van der Waals surface area (Å²) >= 11 is 0. The predicted molar refractivity (Wildman–Crippen MR) is 103 cm³/mol. The van der Waals surface area contributed by atoms with Gasteiger partial charge in [0.15, 0.2) is 17.3 Å². The van der Waals surface area contributed by atoms with E-state index in [4.69, 9.17) is 5.73 Å². The molecule has 0 saturated carbocycles. The molecule has 4 rings (SSSR count). The molecule has 3 aromatic rings. The van der Waals surface area contributed by atoms with Gasteiger partial charge in [-0.1, -0.05) is 6.07 Å². The Labute approximate surface area is 152 Å². The van der Waals surface area contributed by atoms with Gasteiger partial charge in [-0.25, -0.2) is 15.0 Å². The number of rotatable bonds is 3. The van der Waals surface area contributed by atoms with E-state index in [1.165, 1.54) is 0 Å². The molecule has 4 N–H and O–H groups in total. The third-order valence-electron chi connectivity index (χ3n) is 4.78. The number of fused-ring (bicyclic) bond motifs is 1. The molecular weight excluding hydrogens is 330 g/mol. The summed E-state index contributed by atoms with van der Waals surface area (Å²) in [5, 5.41) is 2.71. The monoisotopic (exact) mass is 353 g/mol. The van der Waals surface area contributed by atoms with Crippen LogP contribution >= 0.6 is 0 Å². The Hall–Kier alpha value is -3.16. The number of hydrogen-bond donors (Lipinski definition) is 3. The highest BCUT2D eigenvalue weighted by molar-refractivity contribution is 5.82. The van der Waals surface area contributed by atoms with E-state index in [0.717, 1.165) is 29.6 Å². The van der Waals surface area contributed by atoms with Crippen LogP contribution in [0.4, 0.5) is 11.6 Å². The van der Waals surface area contributed by atoms with Crippen LogP contribution in [0.1, 0.15) is 13.4 Å². The van der Waals surface area contributed by atoms with Gasteiger partial charge in [-0.05, 0) is 31.0 Å². The Kier molecular flexibility index (Phi) is 3.95. The minimum atomic E-state index is -0.0306. The van der Waals surface area contributed by atoms with Gasteiger partial charge < -0.3 is 20.9 Å². The van der Waals surface area contributed by atoms with E-state index in [9.17, 15) is 4.79 Å². The smallest absolute Gasteiger partial charge is 0.224 e. The third kappa shape index (κ3) is 2.83. The molecule has 1 saturated heterocycles. The van der Waals surface area contributed by atoms with Crippen LogP contribution in [0.5, 0.6) is 0 Å². The number of aromatic amines is 1. The number of benzene rings is 1. The lowest BCUT2D eigenvalue weighted by molar-refractivity contribution is -0.123. The van der Waals surface area contributed by atoms with Crippen molar-refractivity contribution in [2.24, 2.45) is 5.92 Å². The van der Waals surface area contributed by atoms with E-state index in [2.05, 4.69) is 30.2 Å². The summed E-state index contributed by atoms with van der Waals surface area (Å²) < 4.78 is 0. The van der Waals surface area contributed by atoms with Gasteiger partial charge in [0, 0.05) is 21.6 Å². The normalized spacial score (nSPS) is 17.0. The zero-order chi connectivity index (χ0) is 18.3. The Morgan fingerprint density at radius 2 is 2.27 bits per heavy atom. The van der Waals surface area contributed by atoms with Crippen LogP contribution in [-0.4, -0.2) is 46.0 Å². The van der Waals surface area contributed by atoms with E-state index in [-0.39, 0.29) is 13.3 Å². The van der Waals surface area contributed by atoms with Gasteiger partial charge in [0.2, 0.25) is 5.91 Å². The van der Waals surface area contributed by atoms with Gasteiger partial charge in [0.05, 0.1) is 23.1 Å². The lowest BCUT2D eigenvalue weighted by Crippen LogP contribution is -2.30. The molecule has 26 heavy (non-hydrogen) atoms. The van der Waals surface area contributed by atoms with Gasteiger partial charge >= 0.3 is 0 Å². The lowest BCUT2D eigenvalue weighted by atomic mass is 10.1. The summed E-state index contributed by atoms with van der Waals surface area (Å²) in [6.45, 7) is 3.41. The molecule has 1 aliphatic rings. The maximum absolute atomic E-state index is 11.9. The zero-order valence-electron chi connectivity index (χ0n) is 14.8. The summed E-state index contributed by atoms with van der Waals surface area (Å²) in [6.07, 6.45) is 2.45. The molecule has 0 aliphatic carbocycles. The Morgan fingerprint density at radius 3 is 3.08 bits per heavy atom. The van der Waals surface area contributed by atoms with Crippen molar-refractivity contribution in [1.82, 2.24) is 25.3 Å². The second kappa shape index (κ2) is 6.29. The fraction of sp³-hybridized carbons (Fsp3) is 0.333. The van der Waals surface area contributed by atoms with Crippen molar-refractivity contribution < 1.29 is 6.22 Å². The van der Waals surface area contributed by atoms with E-state index < -0.39 is 0 Å². The molecule has 1 atom stereocenters. The van der Waals surface area contributed by atoms with Crippen molar-refractivity contribution >= 4 is 28.6 Å². The zero-order valence-corrected chi connectivity index (χ0v) is 14.8. The Bertz CT molecular complexity index is 987. The number of carbonyl (C=O) groups is 1. The molecule has 8 nitrogen and oxygen atoms in total.